The standard InChI is InChI=1S/C21H23NO5.ClH.H2O/c1-11(23)25-16-6-4-13-10-15-14-5-7-17(26-12(2)24)20-21(14,8-9-22(15)3)18(13)19(16)27-20;;/h4-7,14-15,17,20H,8-10H2,1-3H3;1H;1H2/t14-,15+,17-,20-,21-;;/m0../s1. The van der Waals surface area contributed by atoms with E-state index in [0.29, 0.717) is 17.5 Å². The number of hydrogen-bond donors (Lipinski definition) is 0. The van der Waals surface area contributed by atoms with Crippen molar-refractivity contribution in [2.45, 2.75) is 50.4 Å². The molecule has 2 heterocycles. The highest BCUT2D eigenvalue weighted by atomic mass is 35.5. The van der Waals surface area contributed by atoms with Gasteiger partial charge in [0.25, 0.3) is 0 Å². The van der Waals surface area contributed by atoms with Crippen molar-refractivity contribution in [2.75, 3.05) is 13.6 Å². The first-order valence-electron chi connectivity index (χ1n) is 9.49. The van der Waals surface area contributed by atoms with E-state index in [9.17, 15) is 9.59 Å². The SMILES string of the molecule is CC(=O)Oc1ccc2c3c1O[C@H]1[C@@H](OC(C)=O)C=C[C@H]4[C@@H](C2)N(C)CC[C@@]341.Cl.O. The fourth-order valence-electron chi connectivity index (χ4n) is 5.74. The molecule has 8 heteroatoms. The van der Waals surface area contributed by atoms with Gasteiger partial charge in [-0.05, 0) is 44.1 Å². The summed E-state index contributed by atoms with van der Waals surface area (Å²) in [5.41, 5.74) is 2.15. The summed E-state index contributed by atoms with van der Waals surface area (Å²) in [7, 11) is 2.17. The van der Waals surface area contributed by atoms with Crippen molar-refractivity contribution in [3.8, 4) is 11.5 Å². The van der Waals surface area contributed by atoms with E-state index in [-0.39, 0.29) is 47.3 Å². The van der Waals surface area contributed by atoms with E-state index in [0.717, 1.165) is 24.9 Å². The lowest BCUT2D eigenvalue weighted by molar-refractivity contribution is -0.152. The Morgan fingerprint density at radius 1 is 1.21 bits per heavy atom. The Labute approximate surface area is 175 Å². The van der Waals surface area contributed by atoms with Gasteiger partial charge in [0.1, 0.15) is 6.10 Å². The smallest absolute Gasteiger partial charge is 0.308 e. The van der Waals surface area contributed by atoms with Crippen LogP contribution in [0.1, 0.15) is 31.4 Å². The molecule has 1 fully saturated rings. The van der Waals surface area contributed by atoms with Crippen molar-refractivity contribution in [1.82, 2.24) is 4.90 Å². The third-order valence-corrected chi connectivity index (χ3v) is 6.67. The van der Waals surface area contributed by atoms with Crippen LogP contribution < -0.4 is 9.47 Å². The highest BCUT2D eigenvalue weighted by Gasteiger charge is 2.65. The number of carbonyl (C=O) groups is 2. The van der Waals surface area contributed by atoms with Gasteiger partial charge in [0.15, 0.2) is 17.6 Å². The Bertz CT molecular complexity index is 886. The van der Waals surface area contributed by atoms with Crippen LogP contribution in [0.25, 0.3) is 0 Å². The van der Waals surface area contributed by atoms with Crippen molar-refractivity contribution in [2.24, 2.45) is 5.92 Å². The van der Waals surface area contributed by atoms with E-state index in [1.807, 2.05) is 12.1 Å². The van der Waals surface area contributed by atoms with Gasteiger partial charge in [0.05, 0.1) is 0 Å². The summed E-state index contributed by atoms with van der Waals surface area (Å²) < 4.78 is 17.5. The Balaban J connectivity index is 0.00000120. The molecule has 0 amide bonds. The lowest BCUT2D eigenvalue weighted by atomic mass is 9.53. The van der Waals surface area contributed by atoms with Crippen molar-refractivity contribution >= 4 is 24.3 Å². The molecule has 0 saturated carbocycles. The second-order valence-electron chi connectivity index (χ2n) is 8.09. The number of carbonyl (C=O) groups excluding carboxylic acids is 2. The molecule has 1 aromatic rings. The maximum absolute atomic E-state index is 11.7. The fraction of sp³-hybridized carbons (Fsp3) is 0.524. The molecule has 4 aliphatic rings. The zero-order valence-electron chi connectivity index (χ0n) is 16.6. The van der Waals surface area contributed by atoms with Crippen LogP contribution in [0.2, 0.25) is 0 Å². The third kappa shape index (κ3) is 2.86. The highest BCUT2D eigenvalue weighted by molar-refractivity contribution is 5.85. The van der Waals surface area contributed by atoms with Crippen molar-refractivity contribution in [3.05, 3.63) is 35.4 Å². The van der Waals surface area contributed by atoms with Gasteiger partial charge < -0.3 is 24.6 Å². The minimum atomic E-state index is -0.439. The average Bonchev–Trinajstić information content (AvgIpc) is 2.95. The number of halogens is 1. The van der Waals surface area contributed by atoms with Crippen LogP contribution in [-0.2, 0) is 26.2 Å². The topological polar surface area (TPSA) is 96.6 Å². The molecule has 2 N–H and O–H groups in total. The summed E-state index contributed by atoms with van der Waals surface area (Å²) in [6.45, 7) is 3.77. The zero-order valence-corrected chi connectivity index (χ0v) is 17.5. The van der Waals surface area contributed by atoms with Crippen LogP contribution in [0, 0.1) is 5.92 Å². The van der Waals surface area contributed by atoms with Crippen molar-refractivity contribution < 1.29 is 29.3 Å². The lowest BCUT2D eigenvalue weighted by Crippen LogP contribution is -2.65. The second kappa shape index (κ2) is 7.31. The number of hydrogen-bond acceptors (Lipinski definition) is 6. The molecular weight excluding hydrogens is 398 g/mol. The van der Waals surface area contributed by atoms with E-state index in [1.54, 1.807) is 0 Å². The van der Waals surface area contributed by atoms with Crippen molar-refractivity contribution in [3.63, 3.8) is 0 Å². The van der Waals surface area contributed by atoms with E-state index >= 15 is 0 Å². The minimum Gasteiger partial charge on any atom is -0.481 e. The summed E-state index contributed by atoms with van der Waals surface area (Å²) in [4.78, 5) is 25.7. The summed E-state index contributed by atoms with van der Waals surface area (Å²) in [6.07, 6.45) is 5.31. The van der Waals surface area contributed by atoms with Crippen LogP contribution in [-0.4, -0.2) is 54.2 Å². The Morgan fingerprint density at radius 3 is 2.66 bits per heavy atom. The molecule has 7 nitrogen and oxygen atoms in total. The first-order valence-corrected chi connectivity index (χ1v) is 9.49. The van der Waals surface area contributed by atoms with Crippen LogP contribution in [0.4, 0.5) is 0 Å². The van der Waals surface area contributed by atoms with Gasteiger partial charge in [0, 0.05) is 36.8 Å². The largest absolute Gasteiger partial charge is 0.481 e. The maximum Gasteiger partial charge on any atom is 0.308 e. The van der Waals surface area contributed by atoms with E-state index in [4.69, 9.17) is 14.2 Å². The predicted octanol–water partition coefficient (Wildman–Crippen LogP) is 1.59. The molecule has 1 spiro atoms. The third-order valence-electron chi connectivity index (χ3n) is 6.67. The monoisotopic (exact) mass is 423 g/mol. The number of ether oxygens (including phenoxy) is 3. The van der Waals surface area contributed by atoms with Crippen LogP contribution in [0.5, 0.6) is 11.5 Å². The number of esters is 2. The molecule has 1 aromatic carbocycles. The van der Waals surface area contributed by atoms with E-state index in [2.05, 4.69) is 24.1 Å². The van der Waals surface area contributed by atoms with Gasteiger partial charge in [-0.1, -0.05) is 12.1 Å². The molecule has 1 saturated heterocycles. The molecule has 0 aromatic heterocycles. The van der Waals surface area contributed by atoms with Gasteiger partial charge in [-0.3, -0.25) is 9.59 Å². The van der Waals surface area contributed by atoms with Crippen LogP contribution >= 0.6 is 12.4 Å². The molecular formula is C21H26ClNO6. The van der Waals surface area contributed by atoms with Crippen LogP contribution in [0.15, 0.2) is 24.3 Å². The number of likely N-dealkylation sites (N-methyl/N-ethyl adjacent to an activating group) is 1. The Kier molecular flexibility index (Phi) is 5.45. The van der Waals surface area contributed by atoms with Gasteiger partial charge in [-0.2, -0.15) is 0 Å². The first-order chi connectivity index (χ1) is 12.9. The molecule has 158 valence electrons. The predicted molar refractivity (Wildman–Crippen MR) is 108 cm³/mol. The van der Waals surface area contributed by atoms with E-state index in [1.165, 1.54) is 19.4 Å². The number of rotatable bonds is 2. The molecule has 2 aliphatic heterocycles. The Morgan fingerprint density at radius 2 is 1.97 bits per heavy atom. The van der Waals surface area contributed by atoms with Gasteiger partial charge in [-0.25, -0.2) is 0 Å². The summed E-state index contributed by atoms with van der Waals surface area (Å²) in [5, 5.41) is 0. The highest BCUT2D eigenvalue weighted by Crippen LogP contribution is 2.62. The zero-order chi connectivity index (χ0) is 18.9. The normalized spacial score (nSPS) is 32.8. The second-order valence-corrected chi connectivity index (χ2v) is 8.09. The summed E-state index contributed by atoms with van der Waals surface area (Å²) in [5.74, 6) is 0.712. The molecule has 2 bridgehead atoms. The van der Waals surface area contributed by atoms with Gasteiger partial charge in [-0.15, -0.1) is 12.4 Å². The fourth-order valence-corrected chi connectivity index (χ4v) is 5.74. The quantitative estimate of drug-likeness (QED) is 0.407. The Hall–Kier alpha value is -2.09. The molecule has 0 unspecified atom stereocenters. The van der Waals surface area contributed by atoms with Crippen molar-refractivity contribution in [1.29, 1.82) is 0 Å². The van der Waals surface area contributed by atoms with E-state index < -0.39 is 6.10 Å². The number of likely N-dealkylation sites (tertiary alicyclic amines) is 1. The summed E-state index contributed by atoms with van der Waals surface area (Å²) >= 11 is 0. The molecule has 0 radical (unpaired) electrons. The lowest BCUT2D eigenvalue weighted by Gasteiger charge is -2.56. The summed E-state index contributed by atoms with van der Waals surface area (Å²) in [6, 6.07) is 4.28. The van der Waals surface area contributed by atoms with Gasteiger partial charge in [0.2, 0.25) is 0 Å². The van der Waals surface area contributed by atoms with Crippen LogP contribution in [0.3, 0.4) is 0 Å². The molecule has 29 heavy (non-hydrogen) atoms. The number of piperidine rings is 1. The number of benzene rings is 1. The minimum absolute atomic E-state index is 0. The maximum atomic E-state index is 11.7. The molecule has 2 aliphatic carbocycles. The molecule has 5 rings (SSSR count). The molecule has 5 atom stereocenters. The van der Waals surface area contributed by atoms with Gasteiger partial charge >= 0.3 is 11.9 Å². The first kappa shape index (κ1) is 21.6. The number of nitrogens with zero attached hydrogens (tertiary/aromatic N) is 1. The average molecular weight is 424 g/mol.